The quantitative estimate of drug-likeness (QED) is 0.439. The van der Waals surface area contributed by atoms with Crippen molar-refractivity contribution in [1.29, 1.82) is 0 Å². The van der Waals surface area contributed by atoms with Crippen LogP contribution in [0.25, 0.3) is 0 Å². The topological polar surface area (TPSA) is 51.2 Å². The Bertz CT molecular complexity index is 675. The highest BCUT2D eigenvalue weighted by Crippen LogP contribution is 2.40. The van der Waals surface area contributed by atoms with Gasteiger partial charge in [0.25, 0.3) is 0 Å². The molecule has 0 bridgehead atoms. The van der Waals surface area contributed by atoms with Crippen LogP contribution in [0.1, 0.15) is 53.1 Å². The Balaban J connectivity index is 2.18. The highest BCUT2D eigenvalue weighted by atomic mass is 28.4. The maximum atomic E-state index is 10.2. The van der Waals surface area contributed by atoms with E-state index in [-0.39, 0.29) is 34.7 Å². The molecule has 5 nitrogen and oxygen atoms in total. The molecule has 0 unspecified atom stereocenters. The van der Waals surface area contributed by atoms with Crippen molar-refractivity contribution in [2.45, 2.75) is 90.0 Å². The first kappa shape index (κ1) is 27.7. The van der Waals surface area contributed by atoms with E-state index >= 15 is 0 Å². The molecular formula is C25H47NO4Si2. The maximum Gasteiger partial charge on any atom is 0.192 e. The van der Waals surface area contributed by atoms with E-state index in [1.165, 1.54) is 0 Å². The van der Waals surface area contributed by atoms with Gasteiger partial charge in [-0.15, -0.1) is 0 Å². The Morgan fingerprint density at radius 3 is 1.91 bits per heavy atom. The summed E-state index contributed by atoms with van der Waals surface area (Å²) in [6.07, 6.45) is -0.0772. The van der Waals surface area contributed by atoms with E-state index in [0.717, 1.165) is 12.1 Å². The van der Waals surface area contributed by atoms with Gasteiger partial charge in [-0.2, -0.15) is 5.06 Å². The number of hydrogen-bond acceptors (Lipinski definition) is 5. The van der Waals surface area contributed by atoms with E-state index in [0.29, 0.717) is 13.2 Å². The molecule has 3 atom stereocenters. The standard InChI is InChI=1S/C25H47NO4Si2/c1-24(2,3)31(7,8)28-18-21-16-26(22(17-27)20-14-12-11-13-15-20)30-23(21)19-29-32(9,10)25(4,5)6/h11-15,21-23,27H,16-19H2,1-10H3/t21-,22+,23+/m1/s1. The fraction of sp³-hybridized carbons (Fsp3) is 0.760. The van der Waals surface area contributed by atoms with Crippen molar-refractivity contribution in [2.24, 2.45) is 5.92 Å². The predicted molar refractivity (Wildman–Crippen MR) is 138 cm³/mol. The van der Waals surface area contributed by atoms with Gasteiger partial charge < -0.3 is 14.0 Å². The zero-order chi connectivity index (χ0) is 24.4. The summed E-state index contributed by atoms with van der Waals surface area (Å²) < 4.78 is 13.2. The average molecular weight is 482 g/mol. The van der Waals surface area contributed by atoms with E-state index in [1.54, 1.807) is 0 Å². The van der Waals surface area contributed by atoms with Crippen molar-refractivity contribution >= 4 is 16.6 Å². The molecule has 1 aliphatic rings. The monoisotopic (exact) mass is 481 g/mol. The summed E-state index contributed by atoms with van der Waals surface area (Å²) in [5, 5.41) is 12.4. The zero-order valence-electron chi connectivity index (χ0n) is 22.1. The number of aliphatic hydroxyl groups is 1. The number of nitrogens with zero attached hydrogens (tertiary/aromatic N) is 1. The van der Waals surface area contributed by atoms with Gasteiger partial charge >= 0.3 is 0 Å². The van der Waals surface area contributed by atoms with Crippen LogP contribution in [0.2, 0.25) is 36.3 Å². The van der Waals surface area contributed by atoms with E-state index in [2.05, 4.69) is 67.7 Å². The Morgan fingerprint density at radius 2 is 1.44 bits per heavy atom. The van der Waals surface area contributed by atoms with E-state index in [1.807, 2.05) is 35.4 Å². The molecule has 1 heterocycles. The summed E-state index contributed by atoms with van der Waals surface area (Å²) >= 11 is 0. The van der Waals surface area contributed by atoms with E-state index in [4.69, 9.17) is 13.7 Å². The van der Waals surface area contributed by atoms with Crippen molar-refractivity contribution in [1.82, 2.24) is 5.06 Å². The lowest BCUT2D eigenvalue weighted by Gasteiger charge is -2.38. The van der Waals surface area contributed by atoms with Gasteiger partial charge in [0.2, 0.25) is 0 Å². The van der Waals surface area contributed by atoms with Gasteiger partial charge in [-0.3, -0.25) is 4.84 Å². The minimum Gasteiger partial charge on any atom is -0.416 e. The first-order chi connectivity index (χ1) is 14.6. The molecule has 0 amide bonds. The minimum absolute atomic E-state index is 0.00956. The van der Waals surface area contributed by atoms with Crippen LogP contribution in [0, 0.1) is 5.92 Å². The van der Waals surface area contributed by atoms with Crippen molar-refractivity contribution in [3.8, 4) is 0 Å². The molecular weight excluding hydrogens is 434 g/mol. The van der Waals surface area contributed by atoms with Crippen molar-refractivity contribution in [3.05, 3.63) is 35.9 Å². The van der Waals surface area contributed by atoms with Gasteiger partial charge in [0, 0.05) is 19.1 Å². The third-order valence-electron chi connectivity index (χ3n) is 7.80. The van der Waals surface area contributed by atoms with Crippen LogP contribution in [-0.2, 0) is 13.7 Å². The fourth-order valence-corrected chi connectivity index (χ4v) is 5.33. The van der Waals surface area contributed by atoms with Crippen LogP contribution in [0.15, 0.2) is 30.3 Å². The van der Waals surface area contributed by atoms with E-state index in [9.17, 15) is 5.11 Å². The molecule has 7 heteroatoms. The van der Waals surface area contributed by atoms with Gasteiger partial charge in [-0.25, -0.2) is 0 Å². The smallest absolute Gasteiger partial charge is 0.192 e. The summed E-state index contributed by atoms with van der Waals surface area (Å²) in [6, 6.07) is 9.91. The Labute approximate surface area is 198 Å². The zero-order valence-corrected chi connectivity index (χ0v) is 24.1. The summed E-state index contributed by atoms with van der Waals surface area (Å²) in [7, 11) is -3.76. The molecule has 0 saturated carbocycles. The molecule has 1 aliphatic heterocycles. The third kappa shape index (κ3) is 6.75. The molecule has 184 valence electrons. The van der Waals surface area contributed by atoms with Gasteiger partial charge in [0.1, 0.15) is 6.10 Å². The van der Waals surface area contributed by atoms with Crippen molar-refractivity contribution < 1.29 is 18.8 Å². The summed E-state index contributed by atoms with van der Waals surface area (Å²) in [4.78, 5) is 6.45. The van der Waals surface area contributed by atoms with Crippen molar-refractivity contribution in [2.75, 3.05) is 26.4 Å². The van der Waals surface area contributed by atoms with Gasteiger partial charge in [0.15, 0.2) is 16.6 Å². The van der Waals surface area contributed by atoms with Crippen LogP contribution in [0.3, 0.4) is 0 Å². The fourth-order valence-electron chi connectivity index (χ4n) is 3.26. The van der Waals surface area contributed by atoms with Crippen LogP contribution in [0.4, 0.5) is 0 Å². The molecule has 0 aliphatic carbocycles. The van der Waals surface area contributed by atoms with Crippen LogP contribution in [0.5, 0.6) is 0 Å². The van der Waals surface area contributed by atoms with Crippen LogP contribution >= 0.6 is 0 Å². The second-order valence-corrected chi connectivity index (χ2v) is 21.9. The number of hydrogen-bond donors (Lipinski definition) is 1. The van der Waals surface area contributed by atoms with Crippen LogP contribution in [-0.4, -0.2) is 59.3 Å². The minimum atomic E-state index is -1.89. The molecule has 1 saturated heterocycles. The summed E-state index contributed by atoms with van der Waals surface area (Å²) in [6.45, 7) is 24.7. The first-order valence-corrected chi connectivity index (χ1v) is 17.8. The SMILES string of the molecule is CC(C)(C)[Si](C)(C)OC[C@H]1CN([C@@H](CO)c2ccccc2)O[C@H]1CO[Si](C)(C)C(C)(C)C. The van der Waals surface area contributed by atoms with Crippen molar-refractivity contribution in [3.63, 3.8) is 0 Å². The lowest BCUT2D eigenvalue weighted by atomic mass is 10.0. The summed E-state index contributed by atoms with van der Waals surface area (Å²) in [5.74, 6) is 0.201. The third-order valence-corrected chi connectivity index (χ3v) is 16.8. The van der Waals surface area contributed by atoms with Crippen LogP contribution < -0.4 is 0 Å². The molecule has 0 aromatic heterocycles. The second kappa shape index (κ2) is 10.4. The first-order valence-electron chi connectivity index (χ1n) is 12.0. The second-order valence-electron chi connectivity index (χ2n) is 12.3. The highest BCUT2D eigenvalue weighted by Gasteiger charge is 2.44. The number of rotatable bonds is 9. The average Bonchev–Trinajstić information content (AvgIpc) is 3.07. The molecule has 1 aromatic carbocycles. The van der Waals surface area contributed by atoms with E-state index < -0.39 is 16.6 Å². The maximum absolute atomic E-state index is 10.2. The summed E-state index contributed by atoms with van der Waals surface area (Å²) in [5.41, 5.74) is 1.06. The molecule has 1 N–H and O–H groups in total. The predicted octanol–water partition coefficient (Wildman–Crippen LogP) is 6.00. The molecule has 32 heavy (non-hydrogen) atoms. The Hall–Kier alpha value is -0.546. The molecule has 0 radical (unpaired) electrons. The Kier molecular flexibility index (Phi) is 8.98. The number of benzene rings is 1. The van der Waals surface area contributed by atoms with Gasteiger partial charge in [-0.1, -0.05) is 71.9 Å². The largest absolute Gasteiger partial charge is 0.416 e. The number of aliphatic hydroxyl groups excluding tert-OH is 1. The molecule has 1 aromatic rings. The normalized spacial score (nSPS) is 22.3. The number of hydroxylamine groups is 2. The molecule has 0 spiro atoms. The Morgan fingerprint density at radius 1 is 0.938 bits per heavy atom. The lowest BCUT2D eigenvalue weighted by Crippen LogP contribution is -2.45. The lowest BCUT2D eigenvalue weighted by molar-refractivity contribution is -0.189. The highest BCUT2D eigenvalue weighted by molar-refractivity contribution is 6.74. The van der Waals surface area contributed by atoms with Gasteiger partial charge in [-0.05, 0) is 41.8 Å². The molecule has 2 rings (SSSR count). The van der Waals surface area contributed by atoms with Gasteiger partial charge in [0.05, 0.1) is 19.3 Å². The molecule has 1 fully saturated rings.